The monoisotopic (exact) mass is 379 g/mol. The van der Waals surface area contributed by atoms with Crippen molar-refractivity contribution in [1.82, 2.24) is 4.98 Å². The van der Waals surface area contributed by atoms with Gasteiger partial charge in [0.15, 0.2) is 0 Å². The van der Waals surface area contributed by atoms with Crippen LogP contribution in [0.2, 0.25) is 0 Å². The molecule has 0 atom stereocenters. The summed E-state index contributed by atoms with van der Waals surface area (Å²) >= 11 is 1.54. The van der Waals surface area contributed by atoms with Gasteiger partial charge in [-0.25, -0.2) is 4.98 Å². The topological polar surface area (TPSA) is 46.5 Å². The molecule has 0 bridgehead atoms. The Balaban J connectivity index is 1.46. The molecule has 0 amide bonds. The number of hydrazone groups is 1. The van der Waals surface area contributed by atoms with E-state index in [0.29, 0.717) is 0 Å². The number of nitrogens with one attached hydrogen (secondary N) is 1. The Bertz CT molecular complexity index is 828. The summed E-state index contributed by atoms with van der Waals surface area (Å²) in [7, 11) is 0. The maximum Gasteiger partial charge on any atom is 0.203 e. The third kappa shape index (κ3) is 6.22. The average molecular weight is 380 g/mol. The Morgan fingerprint density at radius 2 is 1.85 bits per heavy atom. The first kappa shape index (κ1) is 19.1. The number of aromatic nitrogens is 1. The summed E-state index contributed by atoms with van der Waals surface area (Å²) in [5, 5.41) is 7.08. The molecule has 0 radical (unpaired) electrons. The molecule has 0 spiro atoms. The van der Waals surface area contributed by atoms with E-state index in [9.17, 15) is 0 Å². The summed E-state index contributed by atoms with van der Waals surface area (Å²) in [6.07, 6.45) is 6.65. The highest BCUT2D eigenvalue weighted by molar-refractivity contribution is 7.14. The second-order valence-electron chi connectivity index (χ2n) is 6.25. The predicted octanol–water partition coefficient (Wildman–Crippen LogP) is 6.22. The lowest BCUT2D eigenvalue weighted by molar-refractivity contribution is 0.305. The fourth-order valence-electron chi connectivity index (χ4n) is 2.60. The molecule has 0 unspecified atom stereocenters. The number of anilines is 1. The normalized spacial score (nSPS) is 11.0. The van der Waals surface area contributed by atoms with Crippen LogP contribution in [0.4, 0.5) is 5.13 Å². The molecule has 3 aromatic rings. The van der Waals surface area contributed by atoms with Crippen molar-refractivity contribution in [2.45, 2.75) is 32.6 Å². The molecular formula is C22H25N3OS. The number of unbranched alkanes of at least 4 members (excludes halogenated alkanes) is 3. The Hall–Kier alpha value is -2.66. The molecular weight excluding hydrogens is 354 g/mol. The van der Waals surface area contributed by atoms with Gasteiger partial charge in [0, 0.05) is 10.9 Å². The molecule has 27 heavy (non-hydrogen) atoms. The van der Waals surface area contributed by atoms with Gasteiger partial charge < -0.3 is 4.74 Å². The van der Waals surface area contributed by atoms with Gasteiger partial charge >= 0.3 is 0 Å². The van der Waals surface area contributed by atoms with E-state index in [2.05, 4.69) is 34.6 Å². The fourth-order valence-corrected chi connectivity index (χ4v) is 3.27. The first-order valence-corrected chi connectivity index (χ1v) is 10.3. The predicted molar refractivity (Wildman–Crippen MR) is 115 cm³/mol. The average Bonchev–Trinajstić information content (AvgIpc) is 3.19. The van der Waals surface area contributed by atoms with Crippen LogP contribution in [-0.4, -0.2) is 17.8 Å². The lowest BCUT2D eigenvalue weighted by atomic mass is 10.2. The molecule has 1 aromatic heterocycles. The number of nitrogens with zero attached hydrogens (tertiary/aromatic N) is 2. The summed E-state index contributed by atoms with van der Waals surface area (Å²) in [5.41, 5.74) is 6.08. The van der Waals surface area contributed by atoms with Gasteiger partial charge in [-0.15, -0.1) is 11.3 Å². The Labute approximate surface area is 164 Å². The van der Waals surface area contributed by atoms with Gasteiger partial charge in [-0.1, -0.05) is 56.5 Å². The SMILES string of the molecule is CCCCCCOc1ccc(/C=N/Nc2nc(-c3ccccc3)cs2)cc1. The van der Waals surface area contributed by atoms with Gasteiger partial charge in [-0.05, 0) is 36.2 Å². The van der Waals surface area contributed by atoms with E-state index in [4.69, 9.17) is 4.74 Å². The van der Waals surface area contributed by atoms with Crippen LogP contribution in [0.5, 0.6) is 5.75 Å². The first-order valence-electron chi connectivity index (χ1n) is 9.38. The van der Waals surface area contributed by atoms with Crippen molar-refractivity contribution < 1.29 is 4.74 Å². The zero-order valence-corrected chi connectivity index (χ0v) is 16.4. The molecule has 0 saturated heterocycles. The second-order valence-corrected chi connectivity index (χ2v) is 7.11. The van der Waals surface area contributed by atoms with Crippen LogP contribution in [0.1, 0.15) is 38.2 Å². The Morgan fingerprint density at radius 3 is 2.63 bits per heavy atom. The lowest BCUT2D eigenvalue weighted by Crippen LogP contribution is -1.97. The van der Waals surface area contributed by atoms with Gasteiger partial charge in [0.25, 0.3) is 0 Å². The molecule has 0 aliphatic carbocycles. The van der Waals surface area contributed by atoms with Crippen LogP contribution >= 0.6 is 11.3 Å². The van der Waals surface area contributed by atoms with Crippen molar-refractivity contribution in [3.8, 4) is 17.0 Å². The van der Waals surface area contributed by atoms with Crippen LogP contribution in [-0.2, 0) is 0 Å². The van der Waals surface area contributed by atoms with Crippen LogP contribution in [0.25, 0.3) is 11.3 Å². The largest absolute Gasteiger partial charge is 0.494 e. The molecule has 3 rings (SSSR count). The van der Waals surface area contributed by atoms with Crippen molar-refractivity contribution in [1.29, 1.82) is 0 Å². The molecule has 1 N–H and O–H groups in total. The van der Waals surface area contributed by atoms with Crippen molar-refractivity contribution in [3.05, 3.63) is 65.5 Å². The smallest absolute Gasteiger partial charge is 0.203 e. The van der Waals surface area contributed by atoms with E-state index in [1.807, 2.05) is 47.8 Å². The number of ether oxygens (including phenoxy) is 1. The van der Waals surface area contributed by atoms with E-state index < -0.39 is 0 Å². The van der Waals surface area contributed by atoms with E-state index in [-0.39, 0.29) is 0 Å². The highest BCUT2D eigenvalue weighted by Gasteiger charge is 2.02. The zero-order chi connectivity index (χ0) is 18.7. The number of hydrogen-bond acceptors (Lipinski definition) is 5. The van der Waals surface area contributed by atoms with Crippen molar-refractivity contribution in [2.24, 2.45) is 5.10 Å². The maximum absolute atomic E-state index is 5.76. The van der Waals surface area contributed by atoms with E-state index >= 15 is 0 Å². The molecule has 0 fully saturated rings. The third-order valence-electron chi connectivity index (χ3n) is 4.09. The Morgan fingerprint density at radius 1 is 1.04 bits per heavy atom. The van der Waals surface area contributed by atoms with Crippen LogP contribution in [0.15, 0.2) is 65.1 Å². The number of hydrogen-bond donors (Lipinski definition) is 1. The molecule has 4 nitrogen and oxygen atoms in total. The lowest BCUT2D eigenvalue weighted by Gasteiger charge is -2.05. The van der Waals surface area contributed by atoms with Crippen LogP contribution in [0.3, 0.4) is 0 Å². The van der Waals surface area contributed by atoms with Gasteiger partial charge in [-0.3, -0.25) is 5.43 Å². The summed E-state index contributed by atoms with van der Waals surface area (Å²) in [4.78, 5) is 4.55. The van der Waals surface area contributed by atoms with E-state index in [1.54, 1.807) is 17.6 Å². The first-order chi connectivity index (χ1) is 13.3. The van der Waals surface area contributed by atoms with E-state index in [0.717, 1.165) is 40.7 Å². The zero-order valence-electron chi connectivity index (χ0n) is 15.6. The van der Waals surface area contributed by atoms with Crippen molar-refractivity contribution in [3.63, 3.8) is 0 Å². The summed E-state index contributed by atoms with van der Waals surface area (Å²) < 4.78 is 5.76. The molecule has 0 aliphatic rings. The minimum Gasteiger partial charge on any atom is -0.494 e. The minimum absolute atomic E-state index is 0.775. The van der Waals surface area contributed by atoms with Gasteiger partial charge in [0.2, 0.25) is 5.13 Å². The maximum atomic E-state index is 5.76. The van der Waals surface area contributed by atoms with Crippen molar-refractivity contribution >= 4 is 22.7 Å². The molecule has 5 heteroatoms. The highest BCUT2D eigenvalue weighted by Crippen LogP contribution is 2.24. The van der Waals surface area contributed by atoms with Crippen LogP contribution in [0, 0.1) is 0 Å². The van der Waals surface area contributed by atoms with E-state index in [1.165, 1.54) is 19.3 Å². The second kappa shape index (κ2) is 10.5. The van der Waals surface area contributed by atoms with Gasteiger partial charge in [-0.2, -0.15) is 5.10 Å². The van der Waals surface area contributed by atoms with Gasteiger partial charge in [0.05, 0.1) is 18.5 Å². The molecule has 140 valence electrons. The molecule has 1 heterocycles. The standard InChI is InChI=1S/C22H25N3OS/c1-2-3-4-8-15-26-20-13-11-18(12-14-20)16-23-25-22-24-21(17-27-22)19-9-6-5-7-10-19/h5-7,9-14,16-17H,2-4,8,15H2,1H3,(H,24,25)/b23-16+. The number of rotatable bonds is 10. The van der Waals surface area contributed by atoms with Crippen molar-refractivity contribution in [2.75, 3.05) is 12.0 Å². The number of benzene rings is 2. The summed E-state index contributed by atoms with van der Waals surface area (Å²) in [5.74, 6) is 0.907. The molecule has 0 saturated carbocycles. The Kier molecular flexibility index (Phi) is 7.42. The van der Waals surface area contributed by atoms with Gasteiger partial charge in [0.1, 0.15) is 5.75 Å². The quantitative estimate of drug-likeness (QED) is 0.258. The third-order valence-corrected chi connectivity index (χ3v) is 4.84. The minimum atomic E-state index is 0.775. The summed E-state index contributed by atoms with van der Waals surface area (Å²) in [6, 6.07) is 18.1. The highest BCUT2D eigenvalue weighted by atomic mass is 32.1. The molecule has 2 aromatic carbocycles. The van der Waals surface area contributed by atoms with Crippen LogP contribution < -0.4 is 10.2 Å². The molecule has 0 aliphatic heterocycles. The summed E-state index contributed by atoms with van der Waals surface area (Å²) in [6.45, 7) is 3.00. The number of thiazole rings is 1. The fraction of sp³-hybridized carbons (Fsp3) is 0.273.